The largest absolute Gasteiger partial charge is 0.365 e. The Balaban J connectivity index is 1.70. The Morgan fingerprint density at radius 2 is 2.00 bits per heavy atom. The third-order valence-electron chi connectivity index (χ3n) is 3.44. The topological polar surface area (TPSA) is 47.7 Å². The molecule has 18 heavy (non-hydrogen) atoms. The van der Waals surface area contributed by atoms with Gasteiger partial charge in [0, 0.05) is 26.1 Å². The van der Waals surface area contributed by atoms with Crippen molar-refractivity contribution in [3.63, 3.8) is 0 Å². The van der Waals surface area contributed by atoms with Gasteiger partial charge in [-0.1, -0.05) is 0 Å². The number of hydrogen-bond acceptors (Lipinski definition) is 3. The second-order valence-corrected chi connectivity index (χ2v) is 5.11. The molecule has 2 aromatic heterocycles. The first-order valence-corrected chi connectivity index (χ1v) is 6.41. The van der Waals surface area contributed by atoms with E-state index in [1.807, 2.05) is 30.4 Å². The van der Waals surface area contributed by atoms with Gasteiger partial charge in [0.1, 0.15) is 5.82 Å². The van der Waals surface area contributed by atoms with Gasteiger partial charge in [0.15, 0.2) is 0 Å². The van der Waals surface area contributed by atoms with E-state index in [1.165, 1.54) is 24.2 Å². The Hall–Kier alpha value is -1.78. The van der Waals surface area contributed by atoms with Crippen molar-refractivity contribution in [1.29, 1.82) is 0 Å². The normalized spacial score (nSPS) is 15.1. The van der Waals surface area contributed by atoms with E-state index in [-0.39, 0.29) is 0 Å². The maximum Gasteiger partial charge on any atom is 0.124 e. The molecule has 0 saturated heterocycles. The molecule has 1 N–H and O–H groups in total. The van der Waals surface area contributed by atoms with Gasteiger partial charge >= 0.3 is 0 Å². The van der Waals surface area contributed by atoms with Crippen molar-refractivity contribution in [3.05, 3.63) is 29.2 Å². The molecule has 5 heteroatoms. The molecule has 2 aromatic rings. The highest BCUT2D eigenvalue weighted by Crippen LogP contribution is 2.39. The molecule has 0 radical (unpaired) electrons. The van der Waals surface area contributed by atoms with Gasteiger partial charge in [-0.25, -0.2) is 0 Å². The Morgan fingerprint density at radius 3 is 2.61 bits per heavy atom. The highest BCUT2D eigenvalue weighted by Gasteiger charge is 2.26. The summed E-state index contributed by atoms with van der Waals surface area (Å²) in [6.07, 6.45) is 2.58. The fraction of sp³-hybridized carbons (Fsp3) is 0.538. The average Bonchev–Trinajstić information content (AvgIpc) is 3.02. The van der Waals surface area contributed by atoms with Crippen molar-refractivity contribution in [1.82, 2.24) is 19.6 Å². The molecule has 0 amide bonds. The van der Waals surface area contributed by atoms with Crippen molar-refractivity contribution in [2.45, 2.75) is 32.2 Å². The molecular formula is C13H19N5. The molecular weight excluding hydrogens is 226 g/mol. The number of aryl methyl sites for hydroxylation is 3. The molecule has 3 rings (SSSR count). The van der Waals surface area contributed by atoms with Crippen molar-refractivity contribution < 1.29 is 0 Å². The molecule has 0 unspecified atom stereocenters. The highest BCUT2D eigenvalue weighted by atomic mass is 15.3. The monoisotopic (exact) mass is 245 g/mol. The van der Waals surface area contributed by atoms with Gasteiger partial charge in [-0.3, -0.25) is 9.36 Å². The number of rotatable bonds is 4. The minimum Gasteiger partial charge on any atom is -0.365 e. The minimum absolute atomic E-state index is 0.700. The number of aromatic nitrogens is 4. The first kappa shape index (κ1) is 11.3. The lowest BCUT2D eigenvalue weighted by molar-refractivity contribution is 0.705. The number of nitrogens with zero attached hydrogens (tertiary/aromatic N) is 4. The Bertz CT molecular complexity index is 562. The van der Waals surface area contributed by atoms with Crippen molar-refractivity contribution >= 4 is 5.82 Å². The molecule has 0 spiro atoms. The van der Waals surface area contributed by atoms with Gasteiger partial charge in [0.05, 0.1) is 23.6 Å². The summed E-state index contributed by atoms with van der Waals surface area (Å²) in [5, 5.41) is 12.3. The Kier molecular flexibility index (Phi) is 2.61. The molecule has 5 nitrogen and oxygen atoms in total. The molecule has 0 bridgehead atoms. The van der Waals surface area contributed by atoms with Gasteiger partial charge < -0.3 is 5.32 Å². The van der Waals surface area contributed by atoms with Crippen LogP contribution in [0.4, 0.5) is 5.82 Å². The maximum absolute atomic E-state index is 4.54. The third kappa shape index (κ3) is 2.12. The van der Waals surface area contributed by atoms with Crippen LogP contribution < -0.4 is 5.32 Å². The van der Waals surface area contributed by atoms with Crippen LogP contribution in [0.3, 0.4) is 0 Å². The van der Waals surface area contributed by atoms with Crippen LogP contribution in [0.2, 0.25) is 0 Å². The lowest BCUT2D eigenvalue weighted by Crippen LogP contribution is -2.08. The first-order chi connectivity index (χ1) is 8.63. The fourth-order valence-corrected chi connectivity index (χ4v) is 2.24. The number of anilines is 1. The zero-order valence-corrected chi connectivity index (χ0v) is 11.1. The summed E-state index contributed by atoms with van der Waals surface area (Å²) in [5.41, 5.74) is 3.46. The molecule has 1 fully saturated rings. The molecule has 2 heterocycles. The fourth-order valence-electron chi connectivity index (χ4n) is 2.24. The molecule has 0 aromatic carbocycles. The van der Waals surface area contributed by atoms with E-state index >= 15 is 0 Å². The Labute approximate surface area is 107 Å². The lowest BCUT2D eigenvalue weighted by Gasteiger charge is -2.06. The van der Waals surface area contributed by atoms with Crippen molar-refractivity contribution in [2.75, 3.05) is 5.32 Å². The molecule has 1 saturated carbocycles. The quantitative estimate of drug-likeness (QED) is 0.895. The summed E-state index contributed by atoms with van der Waals surface area (Å²) >= 11 is 0. The molecule has 1 aliphatic carbocycles. The van der Waals surface area contributed by atoms with Gasteiger partial charge in [-0.2, -0.15) is 10.2 Å². The molecule has 0 atom stereocenters. The molecule has 96 valence electrons. The summed E-state index contributed by atoms with van der Waals surface area (Å²) in [5.74, 6) is 1.78. The van der Waals surface area contributed by atoms with E-state index in [0.29, 0.717) is 5.92 Å². The van der Waals surface area contributed by atoms with Crippen LogP contribution in [0.5, 0.6) is 0 Å². The van der Waals surface area contributed by atoms with Crippen LogP contribution in [-0.4, -0.2) is 19.6 Å². The zero-order chi connectivity index (χ0) is 12.7. The van der Waals surface area contributed by atoms with Crippen LogP contribution in [0.15, 0.2) is 12.1 Å². The smallest absolute Gasteiger partial charge is 0.124 e. The van der Waals surface area contributed by atoms with Crippen LogP contribution >= 0.6 is 0 Å². The van der Waals surface area contributed by atoms with Gasteiger partial charge in [-0.15, -0.1) is 0 Å². The predicted octanol–water partition coefficient (Wildman–Crippen LogP) is 1.95. The molecule has 0 aliphatic heterocycles. The van der Waals surface area contributed by atoms with E-state index < -0.39 is 0 Å². The standard InChI is InChI=1S/C13H19N5/c1-9-6-11(17(2)15-9)8-14-13-7-12(10-4-5-10)16-18(13)3/h6-7,10,14H,4-5,8H2,1-3H3. The predicted molar refractivity (Wildman–Crippen MR) is 70.5 cm³/mol. The SMILES string of the molecule is Cc1cc(CNc2cc(C3CC3)nn2C)n(C)n1. The van der Waals surface area contributed by atoms with E-state index in [9.17, 15) is 0 Å². The van der Waals surface area contributed by atoms with Gasteiger partial charge in [-0.05, 0) is 25.8 Å². The summed E-state index contributed by atoms with van der Waals surface area (Å²) in [4.78, 5) is 0. The van der Waals surface area contributed by atoms with E-state index in [4.69, 9.17) is 0 Å². The van der Waals surface area contributed by atoms with E-state index in [0.717, 1.165) is 18.1 Å². The van der Waals surface area contributed by atoms with Gasteiger partial charge in [0.25, 0.3) is 0 Å². The third-order valence-corrected chi connectivity index (χ3v) is 3.44. The summed E-state index contributed by atoms with van der Waals surface area (Å²) in [6, 6.07) is 4.27. The second-order valence-electron chi connectivity index (χ2n) is 5.11. The summed E-state index contributed by atoms with van der Waals surface area (Å²) in [7, 11) is 3.96. The van der Waals surface area contributed by atoms with Crippen molar-refractivity contribution in [2.24, 2.45) is 14.1 Å². The average molecular weight is 245 g/mol. The van der Waals surface area contributed by atoms with Crippen LogP contribution in [0.25, 0.3) is 0 Å². The first-order valence-electron chi connectivity index (χ1n) is 6.41. The van der Waals surface area contributed by atoms with Gasteiger partial charge in [0.2, 0.25) is 0 Å². The van der Waals surface area contributed by atoms with E-state index in [1.54, 1.807) is 0 Å². The molecule has 1 aliphatic rings. The number of hydrogen-bond donors (Lipinski definition) is 1. The van der Waals surface area contributed by atoms with Crippen LogP contribution in [0.1, 0.15) is 35.8 Å². The maximum atomic E-state index is 4.54. The van der Waals surface area contributed by atoms with E-state index in [2.05, 4.69) is 27.6 Å². The minimum atomic E-state index is 0.700. The van der Waals surface area contributed by atoms with Crippen LogP contribution in [-0.2, 0) is 20.6 Å². The number of nitrogens with one attached hydrogen (secondary N) is 1. The zero-order valence-electron chi connectivity index (χ0n) is 11.1. The van der Waals surface area contributed by atoms with Crippen molar-refractivity contribution in [3.8, 4) is 0 Å². The Morgan fingerprint density at radius 1 is 1.22 bits per heavy atom. The summed E-state index contributed by atoms with van der Waals surface area (Å²) < 4.78 is 3.84. The highest BCUT2D eigenvalue weighted by molar-refractivity contribution is 5.39. The van der Waals surface area contributed by atoms with Crippen LogP contribution in [0, 0.1) is 6.92 Å². The lowest BCUT2D eigenvalue weighted by atomic mass is 10.3. The second kappa shape index (κ2) is 4.15. The summed E-state index contributed by atoms with van der Waals surface area (Å²) in [6.45, 7) is 2.79.